The Morgan fingerprint density at radius 3 is 2.45 bits per heavy atom. The summed E-state index contributed by atoms with van der Waals surface area (Å²) < 4.78 is 1.70. The Morgan fingerprint density at radius 2 is 1.95 bits per heavy atom. The van der Waals surface area contributed by atoms with Crippen LogP contribution in [0.4, 0.5) is 0 Å². The van der Waals surface area contributed by atoms with Crippen molar-refractivity contribution in [3.63, 3.8) is 0 Å². The minimum atomic E-state index is -0.123. The first-order valence-electron chi connectivity index (χ1n) is 5.67. The zero-order valence-electron chi connectivity index (χ0n) is 10.5. The van der Waals surface area contributed by atoms with Crippen molar-refractivity contribution in [1.82, 2.24) is 4.57 Å². The van der Waals surface area contributed by atoms with Crippen LogP contribution < -0.4 is 0 Å². The molecule has 0 atom stereocenters. The molecule has 0 aliphatic carbocycles. The number of carbonyl (C=O) groups excluding carboxylic acids is 1. The summed E-state index contributed by atoms with van der Waals surface area (Å²) in [7, 11) is 0. The average molecular weight is 372 g/mol. The van der Waals surface area contributed by atoms with E-state index in [1.54, 1.807) is 35.8 Å². The second-order valence-corrected chi connectivity index (χ2v) is 5.41. The van der Waals surface area contributed by atoms with Crippen LogP contribution in [-0.4, -0.2) is 15.7 Å². The Bertz CT molecular complexity index is 714. The number of ketones is 1. The van der Waals surface area contributed by atoms with Crippen molar-refractivity contribution in [3.8, 4) is 11.8 Å². The fourth-order valence-corrected chi connectivity index (χ4v) is 2.93. The number of nitrogens with zero attached hydrogens (tertiary/aromatic N) is 2. The van der Waals surface area contributed by atoms with E-state index in [9.17, 15) is 4.79 Å². The Kier molecular flexibility index (Phi) is 4.54. The molecule has 0 radical (unpaired) electrons. The van der Waals surface area contributed by atoms with Gasteiger partial charge in [-0.3, -0.25) is 4.79 Å². The molecule has 2 rings (SSSR count). The van der Waals surface area contributed by atoms with Gasteiger partial charge in [0, 0.05) is 11.4 Å². The summed E-state index contributed by atoms with van der Waals surface area (Å²) in [6.07, 6.45) is 0. The first-order chi connectivity index (χ1) is 9.51. The number of aromatic nitrogens is 1. The monoisotopic (exact) mass is 370 g/mol. The van der Waals surface area contributed by atoms with Gasteiger partial charge in [0.05, 0.1) is 27.5 Å². The van der Waals surface area contributed by atoms with E-state index in [1.807, 2.05) is 0 Å². The van der Waals surface area contributed by atoms with Crippen molar-refractivity contribution >= 4 is 44.9 Å². The van der Waals surface area contributed by atoms with Crippen molar-refractivity contribution in [1.29, 1.82) is 5.26 Å². The molecular formula is C14H9BrCl2N2O. The summed E-state index contributed by atoms with van der Waals surface area (Å²) in [6.45, 7) is 1.78. The smallest absolute Gasteiger partial charge is 0.176 e. The van der Waals surface area contributed by atoms with Crippen molar-refractivity contribution in [3.05, 3.63) is 51.3 Å². The highest BCUT2D eigenvalue weighted by molar-refractivity contribution is 9.09. The highest BCUT2D eigenvalue weighted by atomic mass is 79.9. The lowest BCUT2D eigenvalue weighted by molar-refractivity contribution is 0.102. The fraction of sp³-hybridized carbons (Fsp3) is 0.143. The van der Waals surface area contributed by atoms with E-state index in [4.69, 9.17) is 28.5 Å². The number of rotatable bonds is 3. The Balaban J connectivity index is 2.63. The molecule has 0 saturated heterocycles. The molecule has 1 aromatic heterocycles. The van der Waals surface area contributed by atoms with Gasteiger partial charge < -0.3 is 4.57 Å². The van der Waals surface area contributed by atoms with Gasteiger partial charge >= 0.3 is 0 Å². The van der Waals surface area contributed by atoms with Crippen LogP contribution in [-0.2, 0) is 0 Å². The van der Waals surface area contributed by atoms with Gasteiger partial charge in [0.1, 0.15) is 5.15 Å². The fourth-order valence-electron chi connectivity index (χ4n) is 2.00. The Labute approximate surface area is 134 Å². The maximum atomic E-state index is 11.9. The Hall–Kier alpha value is -1.28. The molecule has 0 aliphatic rings. The maximum absolute atomic E-state index is 11.9. The molecular weight excluding hydrogens is 363 g/mol. The third kappa shape index (κ3) is 2.49. The summed E-state index contributed by atoms with van der Waals surface area (Å²) in [5.41, 5.74) is 2.40. The number of hydrogen-bond acceptors (Lipinski definition) is 2. The van der Waals surface area contributed by atoms with E-state index in [-0.39, 0.29) is 21.3 Å². The van der Waals surface area contributed by atoms with E-state index in [2.05, 4.69) is 22.0 Å². The third-order valence-electron chi connectivity index (χ3n) is 2.95. The van der Waals surface area contributed by atoms with Crippen molar-refractivity contribution in [2.24, 2.45) is 0 Å². The van der Waals surface area contributed by atoms with Gasteiger partial charge in [-0.25, -0.2) is 0 Å². The highest BCUT2D eigenvalue weighted by Crippen LogP contribution is 2.35. The molecule has 20 heavy (non-hydrogen) atoms. The molecule has 1 heterocycles. The van der Waals surface area contributed by atoms with E-state index in [1.165, 1.54) is 0 Å². The van der Waals surface area contributed by atoms with Crippen LogP contribution in [0.15, 0.2) is 24.3 Å². The van der Waals surface area contributed by atoms with Gasteiger partial charge in [0.2, 0.25) is 0 Å². The summed E-state index contributed by atoms with van der Waals surface area (Å²) in [6, 6.07) is 8.94. The first kappa shape index (κ1) is 15.1. The van der Waals surface area contributed by atoms with Crippen molar-refractivity contribution in [2.45, 2.75) is 6.92 Å². The number of nitriles is 1. The number of Topliss-reactive ketones (excluding diaryl/α,β-unsaturated/α-hetero) is 1. The standard InChI is InChI=1S/C14H9BrCl2N2O/c1-8-12(11(20)6-15)13(16)14(17)19(8)10-4-2-9(7-18)3-5-10/h2-5H,6H2,1H3. The van der Waals surface area contributed by atoms with E-state index < -0.39 is 0 Å². The zero-order valence-corrected chi connectivity index (χ0v) is 13.6. The lowest BCUT2D eigenvalue weighted by Crippen LogP contribution is -2.04. The van der Waals surface area contributed by atoms with Crippen LogP contribution >= 0.6 is 39.1 Å². The van der Waals surface area contributed by atoms with Crippen LogP contribution in [0.1, 0.15) is 21.6 Å². The highest BCUT2D eigenvalue weighted by Gasteiger charge is 2.23. The lowest BCUT2D eigenvalue weighted by Gasteiger charge is -2.08. The van der Waals surface area contributed by atoms with E-state index >= 15 is 0 Å². The van der Waals surface area contributed by atoms with Crippen LogP contribution in [0.5, 0.6) is 0 Å². The molecule has 0 unspecified atom stereocenters. The summed E-state index contributed by atoms with van der Waals surface area (Å²) in [5.74, 6) is -0.123. The molecule has 0 fully saturated rings. The van der Waals surface area contributed by atoms with Gasteiger partial charge in [0.25, 0.3) is 0 Å². The lowest BCUT2D eigenvalue weighted by atomic mass is 10.2. The quantitative estimate of drug-likeness (QED) is 0.587. The topological polar surface area (TPSA) is 45.8 Å². The SMILES string of the molecule is Cc1c(C(=O)CBr)c(Cl)c(Cl)n1-c1ccc(C#N)cc1. The second kappa shape index (κ2) is 6.01. The second-order valence-electron chi connectivity index (χ2n) is 4.12. The minimum absolute atomic E-state index is 0.123. The van der Waals surface area contributed by atoms with Crippen LogP contribution in [0.2, 0.25) is 10.2 Å². The van der Waals surface area contributed by atoms with Gasteiger partial charge in [0.15, 0.2) is 5.78 Å². The van der Waals surface area contributed by atoms with E-state index in [0.29, 0.717) is 16.8 Å². The van der Waals surface area contributed by atoms with Gasteiger partial charge in [-0.2, -0.15) is 5.26 Å². The minimum Gasteiger partial charge on any atom is -0.303 e. The van der Waals surface area contributed by atoms with E-state index in [0.717, 1.165) is 5.69 Å². The zero-order chi connectivity index (χ0) is 14.9. The summed E-state index contributed by atoms with van der Waals surface area (Å²) in [4.78, 5) is 11.9. The third-order valence-corrected chi connectivity index (χ3v) is 4.28. The maximum Gasteiger partial charge on any atom is 0.176 e. The molecule has 1 aromatic carbocycles. The first-order valence-corrected chi connectivity index (χ1v) is 7.55. The molecule has 0 bridgehead atoms. The predicted molar refractivity (Wildman–Crippen MR) is 83.4 cm³/mol. The molecule has 0 amide bonds. The predicted octanol–water partition coefficient (Wildman–Crippen LogP) is 4.54. The number of benzene rings is 1. The van der Waals surface area contributed by atoms with Gasteiger partial charge in [-0.05, 0) is 31.2 Å². The molecule has 0 spiro atoms. The molecule has 6 heteroatoms. The van der Waals surface area contributed by atoms with Crippen LogP contribution in [0.25, 0.3) is 5.69 Å². The number of alkyl halides is 1. The van der Waals surface area contributed by atoms with Crippen LogP contribution in [0.3, 0.4) is 0 Å². The number of hydrogen-bond donors (Lipinski definition) is 0. The van der Waals surface area contributed by atoms with Crippen LogP contribution in [0, 0.1) is 18.3 Å². The molecule has 0 saturated carbocycles. The Morgan fingerprint density at radius 1 is 1.35 bits per heavy atom. The largest absolute Gasteiger partial charge is 0.303 e. The number of carbonyl (C=O) groups is 1. The average Bonchev–Trinajstić information content (AvgIpc) is 2.69. The molecule has 3 nitrogen and oxygen atoms in total. The summed E-state index contributed by atoms with van der Waals surface area (Å²) >= 11 is 15.5. The van der Waals surface area contributed by atoms with Gasteiger partial charge in [-0.15, -0.1) is 0 Å². The molecule has 0 N–H and O–H groups in total. The number of halogens is 3. The van der Waals surface area contributed by atoms with Gasteiger partial charge in [-0.1, -0.05) is 39.1 Å². The summed E-state index contributed by atoms with van der Waals surface area (Å²) in [5, 5.41) is 9.53. The molecule has 2 aromatic rings. The molecule has 102 valence electrons. The van der Waals surface area contributed by atoms with Crippen molar-refractivity contribution < 1.29 is 4.79 Å². The molecule has 0 aliphatic heterocycles. The van der Waals surface area contributed by atoms with Crippen molar-refractivity contribution in [2.75, 3.05) is 5.33 Å². The normalized spacial score (nSPS) is 10.3.